The smallest absolute Gasteiger partial charge is 0.173 e. The van der Waals surface area contributed by atoms with Crippen molar-refractivity contribution in [3.05, 3.63) is 29.3 Å². The molecule has 1 aromatic rings. The molecule has 4 nitrogen and oxygen atoms in total. The molecule has 0 saturated heterocycles. The van der Waals surface area contributed by atoms with Crippen LogP contribution in [0, 0.1) is 12.8 Å². The lowest BCUT2D eigenvalue weighted by molar-refractivity contribution is 0.135. The molecule has 4 heteroatoms. The number of amidine groups is 1. The number of benzene rings is 1. The molecule has 1 aromatic carbocycles. The van der Waals surface area contributed by atoms with E-state index in [4.69, 9.17) is 15.7 Å². The maximum Gasteiger partial charge on any atom is 0.173 e. The maximum atomic E-state index is 8.85. The molecule has 104 valence electrons. The average Bonchev–Trinajstić information content (AvgIpc) is 2.42. The molecule has 0 bridgehead atoms. The summed E-state index contributed by atoms with van der Waals surface area (Å²) in [6.45, 7) is 4.25. The van der Waals surface area contributed by atoms with Gasteiger partial charge in [0, 0.05) is 0 Å². The molecule has 0 heterocycles. The summed E-state index contributed by atoms with van der Waals surface area (Å²) in [5, 5.41) is 11.9. The summed E-state index contributed by atoms with van der Waals surface area (Å²) in [6, 6.07) is 5.77. The van der Waals surface area contributed by atoms with Crippen molar-refractivity contribution in [3.8, 4) is 5.75 Å². The second-order valence-corrected chi connectivity index (χ2v) is 5.48. The summed E-state index contributed by atoms with van der Waals surface area (Å²) in [6.07, 6.45) is 4.80. The molecule has 0 radical (unpaired) electrons. The third-order valence-corrected chi connectivity index (χ3v) is 3.78. The number of ether oxygens (including phenoxy) is 1. The van der Waals surface area contributed by atoms with Gasteiger partial charge in [-0.1, -0.05) is 23.7 Å². The van der Waals surface area contributed by atoms with Crippen LogP contribution in [0.1, 0.15) is 43.7 Å². The summed E-state index contributed by atoms with van der Waals surface area (Å²) in [5.41, 5.74) is 7.44. The quantitative estimate of drug-likeness (QED) is 0.381. The summed E-state index contributed by atoms with van der Waals surface area (Å²) < 4.78 is 6.04. The lowest BCUT2D eigenvalue weighted by Gasteiger charge is -2.27. The van der Waals surface area contributed by atoms with Crippen LogP contribution in [0.5, 0.6) is 5.75 Å². The highest BCUT2D eigenvalue weighted by molar-refractivity contribution is 5.99. The molecule has 0 spiro atoms. The molecule has 2 rings (SSSR count). The van der Waals surface area contributed by atoms with Crippen molar-refractivity contribution in [2.75, 3.05) is 0 Å². The first kappa shape index (κ1) is 13.7. The van der Waals surface area contributed by atoms with Crippen LogP contribution < -0.4 is 10.5 Å². The molecule has 1 saturated carbocycles. The minimum absolute atomic E-state index is 0.0999. The van der Waals surface area contributed by atoms with E-state index in [0.717, 1.165) is 24.3 Å². The highest BCUT2D eigenvalue weighted by Gasteiger charge is 2.21. The van der Waals surface area contributed by atoms with Crippen molar-refractivity contribution in [2.24, 2.45) is 16.8 Å². The van der Waals surface area contributed by atoms with Crippen LogP contribution in [0.2, 0.25) is 0 Å². The van der Waals surface area contributed by atoms with Crippen molar-refractivity contribution in [2.45, 2.75) is 45.6 Å². The SMILES string of the molecule is Cc1ccc(OC2CCC(C)CC2)c(/C(N)=N/O)c1. The van der Waals surface area contributed by atoms with Crippen molar-refractivity contribution < 1.29 is 9.94 Å². The summed E-state index contributed by atoms with van der Waals surface area (Å²) in [4.78, 5) is 0. The second-order valence-electron chi connectivity index (χ2n) is 5.48. The Morgan fingerprint density at radius 3 is 2.63 bits per heavy atom. The number of hydrogen-bond donors (Lipinski definition) is 2. The number of aryl methyl sites for hydroxylation is 1. The molecule has 0 atom stereocenters. The van der Waals surface area contributed by atoms with E-state index < -0.39 is 0 Å². The maximum absolute atomic E-state index is 8.85. The number of nitrogens with zero attached hydrogens (tertiary/aromatic N) is 1. The Labute approximate surface area is 114 Å². The lowest BCUT2D eigenvalue weighted by Crippen LogP contribution is -2.24. The predicted octanol–water partition coefficient (Wildman–Crippen LogP) is 3.05. The van der Waals surface area contributed by atoms with E-state index in [2.05, 4.69) is 12.1 Å². The number of nitrogens with two attached hydrogens (primary N) is 1. The van der Waals surface area contributed by atoms with Gasteiger partial charge < -0.3 is 15.7 Å². The topological polar surface area (TPSA) is 67.8 Å². The zero-order chi connectivity index (χ0) is 13.8. The van der Waals surface area contributed by atoms with E-state index in [-0.39, 0.29) is 11.9 Å². The van der Waals surface area contributed by atoms with Gasteiger partial charge in [-0.2, -0.15) is 0 Å². The van der Waals surface area contributed by atoms with Crippen LogP contribution in [0.4, 0.5) is 0 Å². The Balaban J connectivity index is 2.15. The first-order valence-corrected chi connectivity index (χ1v) is 6.85. The van der Waals surface area contributed by atoms with E-state index in [9.17, 15) is 0 Å². The summed E-state index contributed by atoms with van der Waals surface area (Å²) >= 11 is 0. The fourth-order valence-electron chi connectivity index (χ4n) is 2.53. The molecule has 19 heavy (non-hydrogen) atoms. The Morgan fingerprint density at radius 2 is 2.00 bits per heavy atom. The zero-order valence-corrected chi connectivity index (χ0v) is 11.6. The Bertz CT molecular complexity index is 463. The molecule has 0 aliphatic heterocycles. The largest absolute Gasteiger partial charge is 0.490 e. The van der Waals surface area contributed by atoms with Crippen molar-refractivity contribution >= 4 is 5.84 Å². The highest BCUT2D eigenvalue weighted by Crippen LogP contribution is 2.29. The number of oxime groups is 1. The zero-order valence-electron chi connectivity index (χ0n) is 11.6. The van der Waals surface area contributed by atoms with Gasteiger partial charge in [0.2, 0.25) is 0 Å². The monoisotopic (exact) mass is 262 g/mol. The van der Waals surface area contributed by atoms with Gasteiger partial charge in [-0.25, -0.2) is 0 Å². The van der Waals surface area contributed by atoms with Crippen molar-refractivity contribution in [3.63, 3.8) is 0 Å². The normalized spacial score (nSPS) is 24.2. The van der Waals surface area contributed by atoms with Gasteiger partial charge >= 0.3 is 0 Å². The van der Waals surface area contributed by atoms with Gasteiger partial charge in [0.05, 0.1) is 11.7 Å². The van der Waals surface area contributed by atoms with E-state index >= 15 is 0 Å². The molecule has 3 N–H and O–H groups in total. The van der Waals surface area contributed by atoms with Gasteiger partial charge in [-0.05, 0) is 50.7 Å². The van der Waals surface area contributed by atoms with Crippen LogP contribution in [-0.4, -0.2) is 17.1 Å². The molecule has 0 aromatic heterocycles. The fourth-order valence-corrected chi connectivity index (χ4v) is 2.53. The van der Waals surface area contributed by atoms with E-state index in [1.54, 1.807) is 0 Å². The third kappa shape index (κ3) is 3.40. The third-order valence-electron chi connectivity index (χ3n) is 3.78. The van der Waals surface area contributed by atoms with Crippen LogP contribution in [-0.2, 0) is 0 Å². The standard InChI is InChI=1S/C15H22N2O2/c1-10-3-6-12(7-4-10)19-14-8-5-11(2)9-13(14)15(16)17-18/h5,8-10,12,18H,3-4,6-7H2,1-2H3,(H2,16,17). The number of rotatable bonds is 3. The van der Waals surface area contributed by atoms with Gasteiger partial charge in [0.1, 0.15) is 5.75 Å². The molecule has 1 aliphatic rings. The fraction of sp³-hybridized carbons (Fsp3) is 0.533. The summed E-state index contributed by atoms with van der Waals surface area (Å²) in [7, 11) is 0. The molecule has 0 amide bonds. The van der Waals surface area contributed by atoms with Crippen LogP contribution in [0.15, 0.2) is 23.4 Å². The van der Waals surface area contributed by atoms with E-state index in [1.165, 1.54) is 12.8 Å². The Morgan fingerprint density at radius 1 is 1.32 bits per heavy atom. The number of hydrogen-bond acceptors (Lipinski definition) is 3. The van der Waals surface area contributed by atoms with E-state index in [1.807, 2.05) is 25.1 Å². The molecule has 1 fully saturated rings. The minimum Gasteiger partial charge on any atom is -0.490 e. The Hall–Kier alpha value is -1.71. The minimum atomic E-state index is 0.0999. The van der Waals surface area contributed by atoms with Crippen LogP contribution in [0.25, 0.3) is 0 Å². The van der Waals surface area contributed by atoms with E-state index in [0.29, 0.717) is 11.3 Å². The highest BCUT2D eigenvalue weighted by atomic mass is 16.5. The van der Waals surface area contributed by atoms with Crippen molar-refractivity contribution in [1.29, 1.82) is 0 Å². The molecule has 0 unspecified atom stereocenters. The molecular weight excluding hydrogens is 240 g/mol. The molecular formula is C15H22N2O2. The van der Waals surface area contributed by atoms with Crippen LogP contribution >= 0.6 is 0 Å². The average molecular weight is 262 g/mol. The molecule has 1 aliphatic carbocycles. The lowest BCUT2D eigenvalue weighted by atomic mass is 9.89. The van der Waals surface area contributed by atoms with Gasteiger partial charge in [-0.15, -0.1) is 0 Å². The first-order valence-electron chi connectivity index (χ1n) is 6.85. The predicted molar refractivity (Wildman–Crippen MR) is 75.7 cm³/mol. The Kier molecular flexibility index (Phi) is 4.30. The van der Waals surface area contributed by atoms with Crippen LogP contribution in [0.3, 0.4) is 0 Å². The first-order chi connectivity index (χ1) is 9.10. The van der Waals surface area contributed by atoms with Gasteiger partial charge in [0.25, 0.3) is 0 Å². The van der Waals surface area contributed by atoms with Gasteiger partial charge in [-0.3, -0.25) is 0 Å². The summed E-state index contributed by atoms with van der Waals surface area (Å²) in [5.74, 6) is 1.60. The van der Waals surface area contributed by atoms with Crippen molar-refractivity contribution in [1.82, 2.24) is 0 Å². The van der Waals surface area contributed by atoms with Gasteiger partial charge in [0.15, 0.2) is 5.84 Å². The second kappa shape index (κ2) is 5.95.